The number of aryl methyl sites for hydroxylation is 2. The summed E-state index contributed by atoms with van der Waals surface area (Å²) in [4.78, 5) is 36.7. The molecule has 42 heavy (non-hydrogen) atoms. The van der Waals surface area contributed by atoms with Crippen LogP contribution in [0.1, 0.15) is 75.4 Å². The minimum Gasteiger partial charge on any atom is -0.417 e. The largest absolute Gasteiger partial charge is 0.417 e. The Kier molecular flexibility index (Phi) is 11.6. The summed E-state index contributed by atoms with van der Waals surface area (Å²) in [7, 11) is -2.18. The van der Waals surface area contributed by atoms with E-state index in [9.17, 15) is 19.7 Å². The van der Waals surface area contributed by atoms with Gasteiger partial charge in [0.1, 0.15) is 11.4 Å². The van der Waals surface area contributed by atoms with Crippen molar-refractivity contribution in [2.24, 2.45) is 7.05 Å². The van der Waals surface area contributed by atoms with Crippen LogP contribution in [0.2, 0.25) is 36.3 Å². The Morgan fingerprint density at radius 3 is 1.93 bits per heavy atom. The molecule has 0 unspecified atom stereocenters. The number of rotatable bonds is 14. The number of nitro groups is 1. The lowest BCUT2D eigenvalue weighted by Gasteiger charge is -2.36. The molecule has 13 heteroatoms. The van der Waals surface area contributed by atoms with Gasteiger partial charge in [0.25, 0.3) is 17.5 Å². The molecular formula is C29H51N5O6Si2. The van der Waals surface area contributed by atoms with Crippen molar-refractivity contribution in [1.82, 2.24) is 14.5 Å². The number of amides is 2. The fraction of sp³-hybridized carbons (Fsp3) is 0.655. The Morgan fingerprint density at radius 2 is 1.43 bits per heavy atom. The maximum absolute atomic E-state index is 13.2. The van der Waals surface area contributed by atoms with Gasteiger partial charge in [0.2, 0.25) is 0 Å². The number of nitrogens with zero attached hydrogens (tertiary/aromatic N) is 3. The maximum atomic E-state index is 13.2. The quantitative estimate of drug-likeness (QED) is 0.107. The second kappa shape index (κ2) is 13.7. The topological polar surface area (TPSA) is 130 Å². The van der Waals surface area contributed by atoms with Crippen LogP contribution in [0.25, 0.3) is 0 Å². The molecule has 2 amide bonds. The van der Waals surface area contributed by atoms with Gasteiger partial charge in [0.15, 0.2) is 16.6 Å². The molecule has 2 aromatic rings. The van der Waals surface area contributed by atoms with Crippen molar-refractivity contribution >= 4 is 39.8 Å². The molecule has 0 saturated carbocycles. The summed E-state index contributed by atoms with van der Waals surface area (Å²) in [6.07, 6.45) is 4.39. The van der Waals surface area contributed by atoms with Crippen molar-refractivity contribution in [2.45, 2.75) is 97.2 Å². The van der Waals surface area contributed by atoms with Gasteiger partial charge in [-0.1, -0.05) is 41.5 Å². The zero-order valence-electron chi connectivity index (χ0n) is 27.3. The molecule has 0 aliphatic carbocycles. The van der Waals surface area contributed by atoms with Crippen molar-refractivity contribution in [3.05, 3.63) is 46.0 Å². The lowest BCUT2D eigenvalue weighted by Crippen LogP contribution is -2.41. The van der Waals surface area contributed by atoms with E-state index >= 15 is 0 Å². The van der Waals surface area contributed by atoms with Crippen LogP contribution in [-0.2, 0) is 22.4 Å². The summed E-state index contributed by atoms with van der Waals surface area (Å²) in [6, 6.07) is 2.86. The van der Waals surface area contributed by atoms with E-state index in [4.69, 9.17) is 8.85 Å². The molecule has 2 N–H and O–H groups in total. The third kappa shape index (κ3) is 9.38. The summed E-state index contributed by atoms with van der Waals surface area (Å²) in [5, 5.41) is 17.1. The molecule has 0 atom stereocenters. The van der Waals surface area contributed by atoms with Crippen molar-refractivity contribution in [2.75, 3.05) is 25.1 Å². The number of anilines is 1. The minimum absolute atomic E-state index is 0.100. The molecular weight excluding hydrogens is 571 g/mol. The highest BCUT2D eigenvalue weighted by Gasteiger charge is 2.37. The molecule has 2 rings (SSSR count). The van der Waals surface area contributed by atoms with Gasteiger partial charge in [-0.25, -0.2) is 0 Å². The Morgan fingerprint density at radius 1 is 0.881 bits per heavy atom. The summed E-state index contributed by atoms with van der Waals surface area (Å²) in [5.41, 5.74) is 0.825. The third-order valence-corrected chi connectivity index (χ3v) is 17.6. The molecule has 0 aliphatic heterocycles. The van der Waals surface area contributed by atoms with E-state index in [1.54, 1.807) is 19.3 Å². The van der Waals surface area contributed by atoms with Crippen LogP contribution in [0.4, 0.5) is 11.4 Å². The van der Waals surface area contributed by atoms with E-state index in [0.717, 1.165) is 0 Å². The summed E-state index contributed by atoms with van der Waals surface area (Å²) >= 11 is 0. The monoisotopic (exact) mass is 621 g/mol. The van der Waals surface area contributed by atoms with Gasteiger partial charge < -0.3 is 28.6 Å². The van der Waals surface area contributed by atoms with Gasteiger partial charge in [0.05, 0.1) is 16.8 Å². The number of aromatic nitrogens is 2. The first kappa shape index (κ1) is 35.5. The Bertz CT molecular complexity index is 1250. The van der Waals surface area contributed by atoms with Gasteiger partial charge in [-0.05, 0) is 55.2 Å². The maximum Gasteiger partial charge on any atom is 0.287 e. The zero-order chi connectivity index (χ0) is 32.1. The van der Waals surface area contributed by atoms with Crippen LogP contribution >= 0.6 is 0 Å². The molecule has 11 nitrogen and oxygen atoms in total. The van der Waals surface area contributed by atoms with Crippen molar-refractivity contribution < 1.29 is 23.4 Å². The van der Waals surface area contributed by atoms with E-state index in [1.807, 2.05) is 4.57 Å². The predicted octanol–water partition coefficient (Wildman–Crippen LogP) is 6.54. The molecule has 236 valence electrons. The van der Waals surface area contributed by atoms with Crippen molar-refractivity contribution in [3.63, 3.8) is 0 Å². The second-order valence-corrected chi connectivity index (χ2v) is 23.5. The number of hydrogen-bond acceptors (Lipinski definition) is 6. The fourth-order valence-electron chi connectivity index (χ4n) is 3.71. The normalized spacial score (nSPS) is 12.8. The first-order valence-corrected chi connectivity index (χ1v) is 20.4. The van der Waals surface area contributed by atoms with Crippen LogP contribution in [0.15, 0.2) is 24.5 Å². The fourth-order valence-corrected chi connectivity index (χ4v) is 5.88. The number of hydrogen-bond donors (Lipinski definition) is 2. The average molecular weight is 622 g/mol. The lowest BCUT2D eigenvalue weighted by atomic mass is 10.2. The Labute approximate surface area is 252 Å². The molecule has 2 heterocycles. The number of carbonyl (C=O) groups excluding carboxylic acids is 2. The highest BCUT2D eigenvalue weighted by atomic mass is 28.4. The molecule has 0 fully saturated rings. The molecule has 0 aliphatic rings. The highest BCUT2D eigenvalue weighted by Crippen LogP contribution is 2.37. The molecule has 0 bridgehead atoms. The average Bonchev–Trinajstić information content (AvgIpc) is 3.43. The van der Waals surface area contributed by atoms with Crippen molar-refractivity contribution in [1.29, 1.82) is 0 Å². The van der Waals surface area contributed by atoms with Crippen molar-refractivity contribution in [3.8, 4) is 0 Å². The molecule has 2 aromatic heterocycles. The molecule has 0 saturated heterocycles. The highest BCUT2D eigenvalue weighted by molar-refractivity contribution is 6.74. The van der Waals surface area contributed by atoms with Crippen LogP contribution < -0.4 is 10.6 Å². The summed E-state index contributed by atoms with van der Waals surface area (Å²) in [5.74, 6) is -0.749. The van der Waals surface area contributed by atoms with Crippen LogP contribution in [0.5, 0.6) is 0 Å². The SMILES string of the molecule is Cn1cc([N+](=O)[O-])cc1C(=O)Nc1cc(C(=O)NCCCO[Si](C)(C)C(C)(C)C)n(CCCO[Si](C)(C)C(C)(C)C)c1. The Balaban J connectivity index is 2.12. The number of nitrogens with one attached hydrogen (secondary N) is 2. The summed E-state index contributed by atoms with van der Waals surface area (Å²) in [6.45, 7) is 24.1. The van der Waals surface area contributed by atoms with Gasteiger partial charge in [-0.15, -0.1) is 0 Å². The van der Waals surface area contributed by atoms with Crippen LogP contribution in [0, 0.1) is 10.1 Å². The molecule has 0 aromatic carbocycles. The van der Waals surface area contributed by atoms with Crippen LogP contribution in [-0.4, -0.2) is 62.3 Å². The first-order chi connectivity index (χ1) is 19.2. The smallest absolute Gasteiger partial charge is 0.287 e. The van der Waals surface area contributed by atoms with Gasteiger partial charge in [-0.2, -0.15) is 0 Å². The van der Waals surface area contributed by atoms with Gasteiger partial charge >= 0.3 is 0 Å². The second-order valence-electron chi connectivity index (χ2n) is 13.9. The zero-order valence-corrected chi connectivity index (χ0v) is 29.3. The van der Waals surface area contributed by atoms with E-state index in [0.29, 0.717) is 50.5 Å². The standard InChI is InChI=1S/C29H51N5O6Si2/c1-28(2,3)41(8,9)39-16-12-14-30-26(35)25-18-22(31-27(36)24-19-23(34(37)38)21-32(24)7)20-33(25)15-13-17-40-42(10,11)29(4,5)6/h18-21H,12-17H2,1-11H3,(H,30,35)(H,31,36). The molecule has 0 spiro atoms. The molecule has 0 radical (unpaired) electrons. The van der Waals surface area contributed by atoms with E-state index in [2.05, 4.69) is 78.4 Å². The van der Waals surface area contributed by atoms with Gasteiger partial charge in [-0.3, -0.25) is 19.7 Å². The van der Waals surface area contributed by atoms with Gasteiger partial charge in [0, 0.05) is 45.6 Å². The third-order valence-electron chi connectivity index (χ3n) is 8.51. The van der Waals surface area contributed by atoms with Crippen LogP contribution in [0.3, 0.4) is 0 Å². The lowest BCUT2D eigenvalue weighted by molar-refractivity contribution is -0.384. The Hall–Kier alpha value is -2.75. The predicted molar refractivity (Wildman–Crippen MR) is 172 cm³/mol. The summed E-state index contributed by atoms with van der Waals surface area (Å²) < 4.78 is 15.8. The first-order valence-electron chi connectivity index (χ1n) is 14.5. The van der Waals surface area contributed by atoms with E-state index < -0.39 is 27.5 Å². The van der Waals surface area contributed by atoms with E-state index in [1.165, 1.54) is 16.8 Å². The number of carbonyl (C=O) groups is 2. The van der Waals surface area contributed by atoms with E-state index in [-0.39, 0.29) is 27.4 Å². The minimum atomic E-state index is -1.90.